The summed E-state index contributed by atoms with van der Waals surface area (Å²) in [5.41, 5.74) is 0. The summed E-state index contributed by atoms with van der Waals surface area (Å²) in [4.78, 5) is 49.4. The maximum absolute atomic E-state index is 8.24. The predicted molar refractivity (Wildman–Crippen MR) is 54.3 cm³/mol. The van der Waals surface area contributed by atoms with Gasteiger partial charge in [-0.05, 0) is 36.5 Å². The normalized spacial score (nSPS) is 2.00. The number of nitrogens with zero attached hydrogens (tertiary/aromatic N) is 6. The summed E-state index contributed by atoms with van der Waals surface area (Å²) in [7, 11) is 0. The molecule has 0 aromatic carbocycles. The zero-order valence-corrected chi connectivity index (χ0v) is 32.9. The third kappa shape index (κ3) is 555. The molecular formula is C6K6N6O6. The molecule has 0 saturated heterocycles. The minimum atomic E-state index is 0. The summed E-state index contributed by atoms with van der Waals surface area (Å²) in [6.45, 7) is 0. The van der Waals surface area contributed by atoms with E-state index in [1.807, 2.05) is 0 Å². The number of hydrogen-bond acceptors (Lipinski definition) is 6. The van der Waals surface area contributed by atoms with E-state index in [9.17, 15) is 0 Å². The van der Waals surface area contributed by atoms with E-state index in [0.717, 1.165) is 0 Å². The first-order valence-electron chi connectivity index (χ1n) is 2.57. The van der Waals surface area contributed by atoms with Crippen molar-refractivity contribution >= 4 is 36.5 Å². The van der Waals surface area contributed by atoms with Crippen LogP contribution >= 0.6 is 0 Å². The Bertz CT molecular complexity index is 267. The molecule has 0 unspecified atom stereocenters. The van der Waals surface area contributed by atoms with E-state index in [1.54, 1.807) is 0 Å². The molecule has 96 valence electrons. The van der Waals surface area contributed by atoms with E-state index in [4.69, 9.17) is 61.2 Å². The summed E-state index contributed by atoms with van der Waals surface area (Å²) in [5.74, 6) is 0. The Morgan fingerprint density at radius 2 is 0.292 bits per heavy atom. The second kappa shape index (κ2) is 157. The molecule has 0 amide bonds. The van der Waals surface area contributed by atoms with Crippen molar-refractivity contribution in [1.29, 1.82) is 0 Å². The first kappa shape index (κ1) is 77.8. The minimum Gasteiger partial charge on any atom is -0.724 e. The van der Waals surface area contributed by atoms with Crippen LogP contribution in [0.2, 0.25) is 0 Å². The number of rotatable bonds is 0. The van der Waals surface area contributed by atoms with Crippen molar-refractivity contribution in [2.45, 2.75) is 0 Å². The quantitative estimate of drug-likeness (QED) is 0.183. The van der Waals surface area contributed by atoms with E-state index in [0.29, 0.717) is 36.5 Å². The molecule has 0 rings (SSSR count). The first-order valence-corrected chi connectivity index (χ1v) is 2.57. The number of hydrogen-bond donors (Lipinski definition) is 0. The molecular weight excluding hydrogens is 487 g/mol. The van der Waals surface area contributed by atoms with Crippen molar-refractivity contribution in [3.63, 3.8) is 0 Å². The molecule has 0 aliphatic rings. The molecule has 0 heterocycles. The van der Waals surface area contributed by atoms with Crippen molar-refractivity contribution in [2.24, 2.45) is 0 Å². The topological polar surface area (TPSA) is 236 Å². The summed E-state index contributed by atoms with van der Waals surface area (Å²) >= 11 is 0. The SMILES string of the molecule is [K+].[K+].[K+].[K+].[K+].[K+].[N-]=C=O.[N-]=C=O.[N-]=C=O.[N-]=C=O.[N-]=C=O.[N-]=C=O. The maximum atomic E-state index is 8.24. The molecule has 0 bridgehead atoms. The van der Waals surface area contributed by atoms with Crippen LogP contribution in [0.3, 0.4) is 0 Å². The van der Waals surface area contributed by atoms with E-state index in [1.165, 1.54) is 0 Å². The van der Waals surface area contributed by atoms with Crippen LogP contribution in [-0.2, 0) is 28.8 Å². The summed E-state index contributed by atoms with van der Waals surface area (Å²) in [5, 5.41) is 40.6. The Hall–Kier alpha value is 6.10. The third-order valence-corrected chi connectivity index (χ3v) is 0. The van der Waals surface area contributed by atoms with Crippen molar-refractivity contribution in [2.75, 3.05) is 0 Å². The van der Waals surface area contributed by atoms with Crippen molar-refractivity contribution in [1.82, 2.24) is 0 Å². The molecule has 0 aliphatic heterocycles. The molecule has 0 fully saturated rings. The van der Waals surface area contributed by atoms with Gasteiger partial charge < -0.3 is 32.5 Å². The van der Waals surface area contributed by atoms with Gasteiger partial charge in [0.15, 0.2) is 0 Å². The van der Waals surface area contributed by atoms with E-state index < -0.39 is 0 Å². The van der Waals surface area contributed by atoms with Crippen LogP contribution in [0.25, 0.3) is 32.5 Å². The van der Waals surface area contributed by atoms with Crippen molar-refractivity contribution in [3.05, 3.63) is 32.5 Å². The molecule has 0 N–H and O–H groups in total. The van der Waals surface area contributed by atoms with Gasteiger partial charge in [0.2, 0.25) is 0 Å². The van der Waals surface area contributed by atoms with Crippen LogP contribution in [-0.4, -0.2) is 36.5 Å². The van der Waals surface area contributed by atoms with Gasteiger partial charge in [-0.3, -0.25) is 28.8 Å². The van der Waals surface area contributed by atoms with E-state index in [2.05, 4.69) is 0 Å². The van der Waals surface area contributed by atoms with Gasteiger partial charge >= 0.3 is 308 Å². The molecule has 12 nitrogen and oxygen atoms in total. The molecule has 0 aromatic rings. The van der Waals surface area contributed by atoms with Gasteiger partial charge in [0.05, 0.1) is 0 Å². The van der Waals surface area contributed by atoms with Gasteiger partial charge in [0.1, 0.15) is 0 Å². The van der Waals surface area contributed by atoms with Crippen LogP contribution in [0.15, 0.2) is 0 Å². The second-order valence-electron chi connectivity index (χ2n) is 0.548. The van der Waals surface area contributed by atoms with Crippen LogP contribution in [0.4, 0.5) is 0 Å². The fraction of sp³-hybridized carbons (Fsp3) is 0. The predicted octanol–water partition coefficient (Wildman–Crippen LogP) is -18.6. The Kier molecular flexibility index (Phi) is 509. The van der Waals surface area contributed by atoms with Gasteiger partial charge in [-0.1, -0.05) is 0 Å². The molecule has 0 spiro atoms. The van der Waals surface area contributed by atoms with E-state index in [-0.39, 0.29) is 308 Å². The standard InChI is InChI=1S/6CNO.6K/c6*2-1-3;;;;;;/q6*-1;6*+1. The van der Waals surface area contributed by atoms with E-state index >= 15 is 0 Å². The Morgan fingerprint density at radius 1 is 0.292 bits per heavy atom. The molecule has 18 heteroatoms. The van der Waals surface area contributed by atoms with Gasteiger partial charge in [-0.2, -0.15) is 0 Å². The molecule has 0 aromatic heterocycles. The van der Waals surface area contributed by atoms with Gasteiger partial charge in [-0.25, -0.2) is 0 Å². The maximum Gasteiger partial charge on any atom is 1.00 e. The summed E-state index contributed by atoms with van der Waals surface area (Å²) in [6.07, 6.45) is 3.00. The van der Waals surface area contributed by atoms with Crippen molar-refractivity contribution < 1.29 is 337 Å². The minimum absolute atomic E-state index is 0. The Morgan fingerprint density at radius 3 is 0.292 bits per heavy atom. The number of isocyanates is 6. The second-order valence-corrected chi connectivity index (χ2v) is 0.548. The summed E-state index contributed by atoms with van der Waals surface area (Å²) < 4.78 is 0. The van der Waals surface area contributed by atoms with Crippen LogP contribution in [0.5, 0.6) is 0 Å². The van der Waals surface area contributed by atoms with Crippen LogP contribution in [0, 0.1) is 0 Å². The average molecular weight is 487 g/mol. The number of carbonyl (C=O) groups excluding carboxylic acids is 6. The zero-order valence-electron chi connectivity index (χ0n) is 14.1. The molecule has 24 heavy (non-hydrogen) atoms. The van der Waals surface area contributed by atoms with Gasteiger partial charge in [0.25, 0.3) is 0 Å². The van der Waals surface area contributed by atoms with Crippen LogP contribution in [0.1, 0.15) is 0 Å². The monoisotopic (exact) mass is 486 g/mol. The molecule has 0 aliphatic carbocycles. The average Bonchev–Trinajstić information content (AvgIpc) is 2.23. The van der Waals surface area contributed by atoms with Crippen LogP contribution < -0.4 is 308 Å². The van der Waals surface area contributed by atoms with Gasteiger partial charge in [0, 0.05) is 0 Å². The molecule has 0 radical (unpaired) electrons. The largest absolute Gasteiger partial charge is 1.00 e. The van der Waals surface area contributed by atoms with Crippen molar-refractivity contribution in [3.8, 4) is 0 Å². The zero-order chi connectivity index (χ0) is 16.2. The third-order valence-electron chi connectivity index (χ3n) is 0. The fourth-order valence-electron chi connectivity index (χ4n) is 0. The summed E-state index contributed by atoms with van der Waals surface area (Å²) in [6, 6.07) is 0. The Labute approximate surface area is 392 Å². The Balaban J connectivity index is -0.00000000686. The fourth-order valence-corrected chi connectivity index (χ4v) is 0. The molecule has 0 atom stereocenters. The first-order chi connectivity index (χ1) is 8.49. The smallest absolute Gasteiger partial charge is 0.724 e. The van der Waals surface area contributed by atoms with Gasteiger partial charge in [-0.15, -0.1) is 0 Å². The molecule has 0 saturated carbocycles.